The molecule has 0 bridgehead atoms. The van der Waals surface area contributed by atoms with Crippen molar-refractivity contribution in [3.63, 3.8) is 0 Å². The van der Waals surface area contributed by atoms with Crippen LogP contribution in [0.4, 0.5) is 5.95 Å². The van der Waals surface area contributed by atoms with Gasteiger partial charge in [0.05, 0.1) is 23.9 Å². The van der Waals surface area contributed by atoms with Crippen molar-refractivity contribution in [2.45, 2.75) is 11.5 Å². The maximum atomic E-state index is 12.1. The molecule has 0 aliphatic rings. The maximum absolute atomic E-state index is 12.1. The highest BCUT2D eigenvalue weighted by Crippen LogP contribution is 2.17. The molecule has 18 heavy (non-hydrogen) atoms. The van der Waals surface area contributed by atoms with E-state index < -0.39 is 10.0 Å². The third-order valence-electron chi connectivity index (χ3n) is 2.14. The van der Waals surface area contributed by atoms with Crippen LogP contribution in [0.1, 0.15) is 5.56 Å². The zero-order chi connectivity index (χ0) is 13.0. The summed E-state index contributed by atoms with van der Waals surface area (Å²) in [5, 5.41) is 16.2. The first-order valence-electron chi connectivity index (χ1n) is 4.99. The van der Waals surface area contributed by atoms with E-state index in [0.29, 0.717) is 5.56 Å². The van der Waals surface area contributed by atoms with Gasteiger partial charge in [0.1, 0.15) is 0 Å². The van der Waals surface area contributed by atoms with Crippen LogP contribution in [0.5, 0.6) is 0 Å². The summed E-state index contributed by atoms with van der Waals surface area (Å²) >= 11 is 0. The number of hydrogen-bond donors (Lipinski definition) is 2. The molecule has 0 aliphatic heterocycles. The molecule has 0 saturated heterocycles. The van der Waals surface area contributed by atoms with Crippen LogP contribution < -0.4 is 4.72 Å². The lowest BCUT2D eigenvalue weighted by molar-refractivity contribution is 0.278. The summed E-state index contributed by atoms with van der Waals surface area (Å²) in [5.41, 5.74) is 0.300. The molecule has 2 rings (SSSR count). The molecule has 0 saturated carbocycles. The molecular weight excluding hydrogens is 256 g/mol. The van der Waals surface area contributed by atoms with E-state index in [0.717, 1.165) is 0 Å². The molecule has 1 heterocycles. The average molecular weight is 266 g/mol. The maximum Gasteiger partial charge on any atom is 0.264 e. The number of aromatic nitrogens is 3. The number of rotatable bonds is 4. The standard InChI is InChI=1S/C10H10N4O3S/c15-7-8-3-1-2-4-9(8)18(16,17)14-10-11-5-6-12-13-10/h1-6,15H,7H2,(H,11,13,14). The molecule has 1 aromatic heterocycles. The van der Waals surface area contributed by atoms with Crippen molar-refractivity contribution in [2.75, 3.05) is 4.72 Å². The van der Waals surface area contributed by atoms with Crippen LogP contribution >= 0.6 is 0 Å². The Hall–Kier alpha value is -2.06. The third kappa shape index (κ3) is 2.60. The van der Waals surface area contributed by atoms with Crippen molar-refractivity contribution in [3.8, 4) is 0 Å². The van der Waals surface area contributed by atoms with Crippen LogP contribution in [-0.2, 0) is 16.6 Å². The van der Waals surface area contributed by atoms with E-state index in [1.54, 1.807) is 12.1 Å². The normalized spacial score (nSPS) is 11.2. The predicted molar refractivity (Wildman–Crippen MR) is 63.0 cm³/mol. The zero-order valence-corrected chi connectivity index (χ0v) is 10.0. The van der Waals surface area contributed by atoms with E-state index in [-0.39, 0.29) is 17.5 Å². The lowest BCUT2D eigenvalue weighted by Gasteiger charge is -2.08. The predicted octanol–water partition coefficient (Wildman–Crippen LogP) is 0.165. The first-order chi connectivity index (χ1) is 8.63. The Labute approximate surface area is 104 Å². The first-order valence-corrected chi connectivity index (χ1v) is 6.47. The number of sulfonamides is 1. The van der Waals surface area contributed by atoms with Gasteiger partial charge < -0.3 is 5.11 Å². The zero-order valence-electron chi connectivity index (χ0n) is 9.18. The number of benzene rings is 1. The molecule has 0 fully saturated rings. The second kappa shape index (κ2) is 5.07. The fourth-order valence-electron chi connectivity index (χ4n) is 1.37. The molecule has 0 amide bonds. The molecule has 0 atom stereocenters. The van der Waals surface area contributed by atoms with Gasteiger partial charge in [-0.1, -0.05) is 18.2 Å². The summed E-state index contributed by atoms with van der Waals surface area (Å²) in [6, 6.07) is 6.13. The molecule has 94 valence electrons. The number of aliphatic hydroxyl groups is 1. The number of nitrogens with one attached hydrogen (secondary N) is 1. The van der Waals surface area contributed by atoms with Crippen LogP contribution in [0, 0.1) is 0 Å². The highest BCUT2D eigenvalue weighted by molar-refractivity contribution is 7.92. The molecule has 0 radical (unpaired) electrons. The summed E-state index contributed by atoms with van der Waals surface area (Å²) in [6.45, 7) is -0.370. The van der Waals surface area contributed by atoms with E-state index in [1.165, 1.54) is 24.5 Å². The fraction of sp³-hybridized carbons (Fsp3) is 0.100. The van der Waals surface area contributed by atoms with Crippen molar-refractivity contribution < 1.29 is 13.5 Å². The van der Waals surface area contributed by atoms with Crippen molar-refractivity contribution in [1.82, 2.24) is 15.2 Å². The third-order valence-corrected chi connectivity index (χ3v) is 3.57. The van der Waals surface area contributed by atoms with Gasteiger partial charge in [0.25, 0.3) is 16.0 Å². The van der Waals surface area contributed by atoms with E-state index in [9.17, 15) is 8.42 Å². The smallest absolute Gasteiger partial charge is 0.264 e. The molecule has 0 aliphatic carbocycles. The molecule has 1 aromatic carbocycles. The SMILES string of the molecule is O=S(=O)(Nc1nccnn1)c1ccccc1CO. The van der Waals surface area contributed by atoms with Crippen molar-refractivity contribution in [3.05, 3.63) is 42.2 Å². The van der Waals surface area contributed by atoms with Crippen LogP contribution in [0.3, 0.4) is 0 Å². The van der Waals surface area contributed by atoms with E-state index in [4.69, 9.17) is 5.11 Å². The van der Waals surface area contributed by atoms with Gasteiger partial charge in [-0.05, 0) is 11.6 Å². The quantitative estimate of drug-likeness (QED) is 0.817. The van der Waals surface area contributed by atoms with Crippen LogP contribution in [-0.4, -0.2) is 28.7 Å². The minimum atomic E-state index is -3.83. The second-order valence-corrected chi connectivity index (χ2v) is 4.99. The summed E-state index contributed by atoms with van der Waals surface area (Å²) < 4.78 is 26.3. The van der Waals surface area contributed by atoms with E-state index in [2.05, 4.69) is 19.9 Å². The summed E-state index contributed by atoms with van der Waals surface area (Å²) in [7, 11) is -3.83. The van der Waals surface area contributed by atoms with Crippen molar-refractivity contribution in [2.24, 2.45) is 0 Å². The Balaban J connectivity index is 2.37. The Morgan fingerprint density at radius 1 is 1.22 bits per heavy atom. The average Bonchev–Trinajstić information content (AvgIpc) is 2.39. The highest BCUT2D eigenvalue weighted by atomic mass is 32.2. The number of nitrogens with zero attached hydrogens (tertiary/aromatic N) is 3. The monoisotopic (exact) mass is 266 g/mol. The number of aliphatic hydroxyl groups excluding tert-OH is 1. The summed E-state index contributed by atoms with van der Waals surface area (Å²) in [6.07, 6.45) is 2.66. The van der Waals surface area contributed by atoms with Gasteiger partial charge >= 0.3 is 0 Å². The Bertz CT molecular complexity index is 631. The molecular formula is C10H10N4O3S. The van der Waals surface area contributed by atoms with Gasteiger partial charge in [0, 0.05) is 0 Å². The largest absolute Gasteiger partial charge is 0.392 e. The van der Waals surface area contributed by atoms with Gasteiger partial charge in [0.2, 0.25) is 0 Å². The van der Waals surface area contributed by atoms with Crippen molar-refractivity contribution in [1.29, 1.82) is 0 Å². The molecule has 0 spiro atoms. The second-order valence-electron chi connectivity index (χ2n) is 3.34. The van der Waals surface area contributed by atoms with Gasteiger partial charge in [-0.2, -0.15) is 5.10 Å². The van der Waals surface area contributed by atoms with Crippen LogP contribution in [0.25, 0.3) is 0 Å². The van der Waals surface area contributed by atoms with Crippen molar-refractivity contribution >= 4 is 16.0 Å². The molecule has 7 nitrogen and oxygen atoms in total. The highest BCUT2D eigenvalue weighted by Gasteiger charge is 2.18. The van der Waals surface area contributed by atoms with Gasteiger partial charge in [-0.15, -0.1) is 5.10 Å². The number of hydrogen-bond acceptors (Lipinski definition) is 6. The molecule has 0 unspecified atom stereocenters. The summed E-state index contributed by atoms with van der Waals surface area (Å²) in [5.74, 6) is -0.120. The lowest BCUT2D eigenvalue weighted by Crippen LogP contribution is -2.17. The molecule has 8 heteroatoms. The number of anilines is 1. The summed E-state index contributed by atoms with van der Waals surface area (Å²) in [4.78, 5) is 3.70. The Morgan fingerprint density at radius 2 is 2.00 bits per heavy atom. The minimum absolute atomic E-state index is 0.0139. The fourth-order valence-corrected chi connectivity index (χ4v) is 2.55. The van der Waals surface area contributed by atoms with Gasteiger partial charge in [-0.3, -0.25) is 0 Å². The van der Waals surface area contributed by atoms with Crippen LogP contribution in [0.15, 0.2) is 41.6 Å². The van der Waals surface area contributed by atoms with Gasteiger partial charge in [0.15, 0.2) is 0 Å². The Kier molecular flexibility index (Phi) is 3.49. The lowest BCUT2D eigenvalue weighted by atomic mass is 10.2. The topological polar surface area (TPSA) is 105 Å². The Morgan fingerprint density at radius 3 is 2.67 bits per heavy atom. The molecule has 2 N–H and O–H groups in total. The van der Waals surface area contributed by atoms with E-state index in [1.807, 2.05) is 0 Å². The first kappa shape index (κ1) is 12.4. The van der Waals surface area contributed by atoms with E-state index >= 15 is 0 Å². The molecule has 2 aromatic rings. The minimum Gasteiger partial charge on any atom is -0.392 e. The van der Waals surface area contributed by atoms with Crippen LogP contribution in [0.2, 0.25) is 0 Å². The van der Waals surface area contributed by atoms with Gasteiger partial charge in [-0.25, -0.2) is 18.1 Å².